The van der Waals surface area contributed by atoms with Gasteiger partial charge in [-0.15, -0.1) is 0 Å². The standard InChI is InChI=1S/C31H28F3N5O2/c1-19(2)17-25-35-28(26-27(37-41-29(26)36-25)23-8-7-20-5-3-4-6-22(20)18-23)38-13-15-39(16-14-38)30(40)21-9-11-24(12-10-21)31(32,33)34/h3-12,18-19H,13-17H2,1-2H3. The van der Waals surface area contributed by atoms with Gasteiger partial charge in [0.25, 0.3) is 11.6 Å². The fourth-order valence-electron chi connectivity index (χ4n) is 5.20. The van der Waals surface area contributed by atoms with Gasteiger partial charge in [0.05, 0.1) is 5.56 Å². The Bertz CT molecular complexity index is 1720. The van der Waals surface area contributed by atoms with Crippen LogP contribution in [0.3, 0.4) is 0 Å². The van der Waals surface area contributed by atoms with Gasteiger partial charge in [0.2, 0.25) is 0 Å². The van der Waals surface area contributed by atoms with Crippen molar-refractivity contribution in [2.45, 2.75) is 26.4 Å². The van der Waals surface area contributed by atoms with E-state index in [1.54, 1.807) is 4.90 Å². The van der Waals surface area contributed by atoms with E-state index in [0.29, 0.717) is 61.6 Å². The van der Waals surface area contributed by atoms with E-state index in [-0.39, 0.29) is 11.5 Å². The lowest BCUT2D eigenvalue weighted by atomic mass is 10.0. The zero-order valence-electron chi connectivity index (χ0n) is 22.7. The number of hydrogen-bond donors (Lipinski definition) is 0. The van der Waals surface area contributed by atoms with Gasteiger partial charge >= 0.3 is 6.18 Å². The Balaban J connectivity index is 1.30. The molecule has 0 atom stereocenters. The lowest BCUT2D eigenvalue weighted by Crippen LogP contribution is -2.49. The molecular weight excluding hydrogens is 531 g/mol. The summed E-state index contributed by atoms with van der Waals surface area (Å²) in [6.45, 7) is 5.95. The van der Waals surface area contributed by atoms with Crippen molar-refractivity contribution < 1.29 is 22.5 Å². The van der Waals surface area contributed by atoms with Crippen LogP contribution >= 0.6 is 0 Å². The fourth-order valence-corrected chi connectivity index (χ4v) is 5.20. The van der Waals surface area contributed by atoms with Gasteiger partial charge < -0.3 is 14.3 Å². The smallest absolute Gasteiger partial charge is 0.352 e. The van der Waals surface area contributed by atoms with E-state index < -0.39 is 11.7 Å². The highest BCUT2D eigenvalue weighted by Crippen LogP contribution is 2.36. The molecular formula is C31H28F3N5O2. The molecule has 0 bridgehead atoms. The van der Waals surface area contributed by atoms with Crippen molar-refractivity contribution in [1.29, 1.82) is 0 Å². The lowest BCUT2D eigenvalue weighted by Gasteiger charge is -2.35. The molecule has 210 valence electrons. The number of anilines is 1. The van der Waals surface area contributed by atoms with E-state index in [9.17, 15) is 18.0 Å². The zero-order chi connectivity index (χ0) is 28.7. The molecule has 0 unspecified atom stereocenters. The maximum absolute atomic E-state index is 13.1. The van der Waals surface area contributed by atoms with Crippen molar-refractivity contribution >= 4 is 33.6 Å². The SMILES string of the molecule is CC(C)Cc1nc(N2CCN(C(=O)c3ccc(C(F)(F)F)cc3)CC2)c2c(-c3ccc4ccccc4c3)noc2n1. The summed E-state index contributed by atoms with van der Waals surface area (Å²) in [5.74, 6) is 1.40. The average molecular weight is 560 g/mol. The number of carbonyl (C=O) groups excluding carboxylic acids is 1. The number of rotatable bonds is 5. The molecule has 3 aromatic carbocycles. The Hall–Kier alpha value is -4.47. The average Bonchev–Trinajstić information content (AvgIpc) is 3.39. The van der Waals surface area contributed by atoms with Gasteiger partial charge in [-0.05, 0) is 47.0 Å². The van der Waals surface area contributed by atoms with Crippen molar-refractivity contribution in [3.63, 3.8) is 0 Å². The first-order valence-electron chi connectivity index (χ1n) is 13.5. The molecule has 3 heterocycles. The topological polar surface area (TPSA) is 75.4 Å². The lowest BCUT2D eigenvalue weighted by molar-refractivity contribution is -0.137. The summed E-state index contributed by atoms with van der Waals surface area (Å²) in [5, 5.41) is 7.32. The third-order valence-electron chi connectivity index (χ3n) is 7.30. The van der Waals surface area contributed by atoms with Crippen molar-refractivity contribution in [3.8, 4) is 11.3 Å². The number of alkyl halides is 3. The van der Waals surface area contributed by atoms with Gasteiger partial charge in [0.15, 0.2) is 0 Å². The largest absolute Gasteiger partial charge is 0.416 e. The van der Waals surface area contributed by atoms with Crippen molar-refractivity contribution in [1.82, 2.24) is 20.0 Å². The van der Waals surface area contributed by atoms with Gasteiger partial charge in [-0.25, -0.2) is 4.98 Å². The van der Waals surface area contributed by atoms with Crippen LogP contribution in [0.15, 0.2) is 71.3 Å². The number of hydrogen-bond acceptors (Lipinski definition) is 6. The number of benzene rings is 3. The number of halogens is 3. The highest BCUT2D eigenvalue weighted by atomic mass is 19.4. The fraction of sp³-hybridized carbons (Fsp3) is 0.290. The van der Waals surface area contributed by atoms with E-state index >= 15 is 0 Å². The van der Waals surface area contributed by atoms with Gasteiger partial charge in [-0.3, -0.25) is 4.79 Å². The predicted octanol–water partition coefficient (Wildman–Crippen LogP) is 6.62. The number of carbonyl (C=O) groups is 1. The van der Waals surface area contributed by atoms with E-state index in [4.69, 9.17) is 9.51 Å². The Morgan fingerprint density at radius 3 is 2.32 bits per heavy atom. The van der Waals surface area contributed by atoms with E-state index in [1.807, 2.05) is 30.3 Å². The van der Waals surface area contributed by atoms with E-state index in [2.05, 4.69) is 41.0 Å². The number of piperazine rings is 1. The van der Waals surface area contributed by atoms with Gasteiger partial charge in [-0.2, -0.15) is 18.2 Å². The first-order valence-corrected chi connectivity index (χ1v) is 13.5. The summed E-state index contributed by atoms with van der Waals surface area (Å²) in [7, 11) is 0. The number of aromatic nitrogens is 3. The van der Waals surface area contributed by atoms with Crippen LogP contribution in [0, 0.1) is 5.92 Å². The Kier molecular flexibility index (Phi) is 6.84. The molecule has 1 aliphatic heterocycles. The first-order chi connectivity index (χ1) is 19.7. The first kappa shape index (κ1) is 26.7. The van der Waals surface area contributed by atoms with Crippen LogP contribution in [0.25, 0.3) is 33.1 Å². The zero-order valence-corrected chi connectivity index (χ0v) is 22.7. The molecule has 0 saturated carbocycles. The van der Waals surface area contributed by atoms with Gasteiger partial charge in [-0.1, -0.05) is 55.4 Å². The summed E-state index contributed by atoms with van der Waals surface area (Å²) in [6.07, 6.45) is -3.78. The molecule has 6 rings (SSSR count). The van der Waals surface area contributed by atoms with Crippen LogP contribution < -0.4 is 4.90 Å². The second kappa shape index (κ2) is 10.5. The third-order valence-corrected chi connectivity index (χ3v) is 7.30. The summed E-state index contributed by atoms with van der Waals surface area (Å²) in [6, 6.07) is 18.6. The molecule has 2 aromatic heterocycles. The number of amides is 1. The second-order valence-corrected chi connectivity index (χ2v) is 10.7. The molecule has 10 heteroatoms. The van der Waals surface area contributed by atoms with Crippen molar-refractivity contribution in [2.24, 2.45) is 5.92 Å². The normalized spacial score (nSPS) is 14.4. The molecule has 1 amide bonds. The van der Waals surface area contributed by atoms with Gasteiger partial charge in [0, 0.05) is 43.7 Å². The minimum absolute atomic E-state index is 0.229. The van der Waals surface area contributed by atoms with E-state index in [0.717, 1.165) is 33.9 Å². The molecule has 0 spiro atoms. The molecule has 1 aliphatic rings. The number of fused-ring (bicyclic) bond motifs is 2. The highest BCUT2D eigenvalue weighted by Gasteiger charge is 2.31. The minimum atomic E-state index is -4.45. The molecule has 1 fully saturated rings. The van der Waals surface area contributed by atoms with Crippen LogP contribution in [-0.4, -0.2) is 52.1 Å². The summed E-state index contributed by atoms with van der Waals surface area (Å²) >= 11 is 0. The number of nitrogens with zero attached hydrogens (tertiary/aromatic N) is 5. The molecule has 1 saturated heterocycles. The Morgan fingerprint density at radius 1 is 0.927 bits per heavy atom. The Labute approximate surface area is 234 Å². The monoisotopic (exact) mass is 559 g/mol. The molecule has 0 radical (unpaired) electrons. The van der Waals surface area contributed by atoms with Crippen LogP contribution in [0.2, 0.25) is 0 Å². The van der Waals surface area contributed by atoms with Crippen molar-refractivity contribution in [3.05, 3.63) is 83.7 Å². The molecule has 7 nitrogen and oxygen atoms in total. The van der Waals surface area contributed by atoms with Crippen LogP contribution in [0.4, 0.5) is 19.0 Å². The molecule has 41 heavy (non-hydrogen) atoms. The van der Waals surface area contributed by atoms with Crippen LogP contribution in [-0.2, 0) is 12.6 Å². The Morgan fingerprint density at radius 2 is 1.63 bits per heavy atom. The third kappa shape index (κ3) is 5.33. The summed E-state index contributed by atoms with van der Waals surface area (Å²) in [5.41, 5.74) is 1.41. The summed E-state index contributed by atoms with van der Waals surface area (Å²) in [4.78, 5) is 26.5. The molecule has 0 N–H and O–H groups in total. The molecule has 5 aromatic rings. The predicted molar refractivity (Wildman–Crippen MR) is 151 cm³/mol. The van der Waals surface area contributed by atoms with Gasteiger partial charge in [0.1, 0.15) is 22.7 Å². The second-order valence-electron chi connectivity index (χ2n) is 10.7. The minimum Gasteiger partial charge on any atom is -0.352 e. The molecule has 0 aliphatic carbocycles. The van der Waals surface area contributed by atoms with Crippen LogP contribution in [0.5, 0.6) is 0 Å². The quantitative estimate of drug-likeness (QED) is 0.241. The maximum atomic E-state index is 13.1. The maximum Gasteiger partial charge on any atom is 0.416 e. The summed E-state index contributed by atoms with van der Waals surface area (Å²) < 4.78 is 44.6. The van der Waals surface area contributed by atoms with Crippen LogP contribution in [0.1, 0.15) is 35.6 Å². The van der Waals surface area contributed by atoms with Crippen molar-refractivity contribution in [2.75, 3.05) is 31.1 Å². The highest BCUT2D eigenvalue weighted by molar-refractivity contribution is 6.00. The van der Waals surface area contributed by atoms with E-state index in [1.165, 1.54) is 12.1 Å².